The van der Waals surface area contributed by atoms with E-state index in [1.54, 1.807) is 6.07 Å². The minimum absolute atomic E-state index is 0.0292. The highest BCUT2D eigenvalue weighted by atomic mass is 16.5. The first-order valence-electron chi connectivity index (χ1n) is 10.6. The molecule has 1 fully saturated rings. The van der Waals surface area contributed by atoms with E-state index in [2.05, 4.69) is 39.8 Å². The summed E-state index contributed by atoms with van der Waals surface area (Å²) in [5, 5.41) is 5.50. The maximum Gasteiger partial charge on any atom is 0.313 e. The van der Waals surface area contributed by atoms with Gasteiger partial charge in [0.2, 0.25) is 0 Å². The second-order valence-electron chi connectivity index (χ2n) is 8.11. The molecule has 2 amide bonds. The molecule has 1 atom stereocenters. The molecule has 166 valence electrons. The number of nitrogens with zero attached hydrogens (tertiary/aromatic N) is 2. The first kappa shape index (κ1) is 22.8. The quantitative estimate of drug-likeness (QED) is 0.697. The third-order valence-corrected chi connectivity index (χ3v) is 5.71. The molecule has 2 aromatic carbocycles. The Labute approximate surface area is 184 Å². The fourth-order valence-electron chi connectivity index (χ4n) is 3.62. The van der Waals surface area contributed by atoms with Gasteiger partial charge >= 0.3 is 11.8 Å². The summed E-state index contributed by atoms with van der Waals surface area (Å²) in [5.74, 6) is -1.30. The van der Waals surface area contributed by atoms with E-state index in [0.717, 1.165) is 35.5 Å². The van der Waals surface area contributed by atoms with Crippen molar-refractivity contribution < 1.29 is 14.3 Å². The Morgan fingerprint density at radius 1 is 1.00 bits per heavy atom. The van der Waals surface area contributed by atoms with Crippen molar-refractivity contribution in [1.29, 1.82) is 0 Å². The third-order valence-electron chi connectivity index (χ3n) is 5.71. The molecule has 2 N–H and O–H groups in total. The minimum Gasteiger partial charge on any atom is -0.379 e. The zero-order valence-electron chi connectivity index (χ0n) is 18.8. The van der Waals surface area contributed by atoms with Gasteiger partial charge < -0.3 is 20.3 Å². The normalized spacial score (nSPS) is 15.2. The summed E-state index contributed by atoms with van der Waals surface area (Å²) in [6.45, 7) is 7.21. The number of carbonyl (C=O) groups is 2. The Bertz CT molecular complexity index is 906. The van der Waals surface area contributed by atoms with Gasteiger partial charge in [0.1, 0.15) is 0 Å². The van der Waals surface area contributed by atoms with Gasteiger partial charge in [0, 0.05) is 45.1 Å². The van der Waals surface area contributed by atoms with Crippen LogP contribution >= 0.6 is 0 Å². The topological polar surface area (TPSA) is 73.9 Å². The van der Waals surface area contributed by atoms with Crippen LogP contribution in [0.25, 0.3) is 0 Å². The van der Waals surface area contributed by atoms with Crippen LogP contribution in [0.4, 0.5) is 11.4 Å². The highest BCUT2D eigenvalue weighted by Crippen LogP contribution is 2.24. The minimum atomic E-state index is -0.660. The van der Waals surface area contributed by atoms with Crippen LogP contribution in [-0.2, 0) is 14.3 Å². The molecular weight excluding hydrogens is 392 g/mol. The molecule has 0 bridgehead atoms. The van der Waals surface area contributed by atoms with Gasteiger partial charge in [0.25, 0.3) is 0 Å². The zero-order chi connectivity index (χ0) is 22.4. The van der Waals surface area contributed by atoms with Crippen LogP contribution in [0.15, 0.2) is 42.5 Å². The standard InChI is InChI=1S/C24H32N4O3/c1-17-5-8-20(15-18(17)2)26-24(30)23(29)25-16-22(28-11-13-31-14-12-28)19-6-9-21(10-7-19)27(3)4/h5-10,15,22H,11-14,16H2,1-4H3,(H,25,29)(H,26,30). The average molecular weight is 425 g/mol. The van der Waals surface area contributed by atoms with E-state index in [1.165, 1.54) is 0 Å². The number of nitrogens with one attached hydrogen (secondary N) is 2. The van der Waals surface area contributed by atoms with Gasteiger partial charge in [-0.25, -0.2) is 0 Å². The van der Waals surface area contributed by atoms with Crippen molar-refractivity contribution in [2.75, 3.05) is 57.2 Å². The third kappa shape index (κ3) is 6.06. The van der Waals surface area contributed by atoms with E-state index in [-0.39, 0.29) is 6.04 Å². The number of rotatable bonds is 6. The zero-order valence-corrected chi connectivity index (χ0v) is 18.8. The van der Waals surface area contributed by atoms with Gasteiger partial charge in [-0.2, -0.15) is 0 Å². The molecular formula is C24H32N4O3. The molecule has 0 spiro atoms. The van der Waals surface area contributed by atoms with Gasteiger partial charge in [0.15, 0.2) is 0 Å². The lowest BCUT2D eigenvalue weighted by Crippen LogP contribution is -2.45. The van der Waals surface area contributed by atoms with E-state index >= 15 is 0 Å². The Hall–Kier alpha value is -2.90. The van der Waals surface area contributed by atoms with E-state index in [0.29, 0.717) is 25.4 Å². The molecule has 3 rings (SSSR count). The van der Waals surface area contributed by atoms with Crippen molar-refractivity contribution in [1.82, 2.24) is 10.2 Å². The summed E-state index contributed by atoms with van der Waals surface area (Å²) < 4.78 is 5.48. The predicted octanol–water partition coefficient (Wildman–Crippen LogP) is 2.50. The van der Waals surface area contributed by atoms with E-state index in [1.807, 2.05) is 45.0 Å². The van der Waals surface area contributed by atoms with Crippen LogP contribution in [0.1, 0.15) is 22.7 Å². The SMILES string of the molecule is Cc1ccc(NC(=O)C(=O)NCC(c2ccc(N(C)C)cc2)N2CCOCC2)cc1C. The van der Waals surface area contributed by atoms with Gasteiger partial charge in [-0.05, 0) is 54.8 Å². The van der Waals surface area contributed by atoms with Crippen molar-refractivity contribution in [3.63, 3.8) is 0 Å². The fraction of sp³-hybridized carbons (Fsp3) is 0.417. The molecule has 1 aliphatic rings. The molecule has 7 heteroatoms. The number of hydrogen-bond donors (Lipinski definition) is 2. The fourth-order valence-corrected chi connectivity index (χ4v) is 3.62. The van der Waals surface area contributed by atoms with E-state index < -0.39 is 11.8 Å². The molecule has 2 aromatic rings. The van der Waals surface area contributed by atoms with Gasteiger partial charge in [-0.3, -0.25) is 14.5 Å². The highest BCUT2D eigenvalue weighted by molar-refractivity contribution is 6.39. The van der Waals surface area contributed by atoms with Crippen molar-refractivity contribution in [3.8, 4) is 0 Å². The summed E-state index contributed by atoms with van der Waals surface area (Å²) in [6.07, 6.45) is 0. The van der Waals surface area contributed by atoms with Crippen molar-refractivity contribution in [2.45, 2.75) is 19.9 Å². The lowest BCUT2D eigenvalue weighted by molar-refractivity contribution is -0.136. The molecule has 0 radical (unpaired) electrons. The molecule has 0 aliphatic carbocycles. The lowest BCUT2D eigenvalue weighted by Gasteiger charge is -2.35. The Morgan fingerprint density at radius 2 is 1.68 bits per heavy atom. The maximum absolute atomic E-state index is 12.5. The largest absolute Gasteiger partial charge is 0.379 e. The van der Waals surface area contributed by atoms with Crippen molar-refractivity contribution in [3.05, 3.63) is 59.2 Å². The number of benzene rings is 2. The lowest BCUT2D eigenvalue weighted by atomic mass is 10.0. The van der Waals surface area contributed by atoms with Crippen LogP contribution in [0.5, 0.6) is 0 Å². The number of amides is 2. The van der Waals surface area contributed by atoms with Gasteiger partial charge in [-0.1, -0.05) is 18.2 Å². The molecule has 1 saturated heterocycles. The van der Waals surface area contributed by atoms with Crippen LogP contribution in [-0.4, -0.2) is 63.7 Å². The first-order chi connectivity index (χ1) is 14.8. The van der Waals surface area contributed by atoms with E-state index in [9.17, 15) is 9.59 Å². The van der Waals surface area contributed by atoms with Gasteiger partial charge in [0.05, 0.1) is 19.3 Å². The Balaban J connectivity index is 1.66. The average Bonchev–Trinajstić information content (AvgIpc) is 2.77. The van der Waals surface area contributed by atoms with E-state index in [4.69, 9.17) is 4.74 Å². The molecule has 1 unspecified atom stereocenters. The van der Waals surface area contributed by atoms with Crippen LogP contribution in [0, 0.1) is 13.8 Å². The summed E-state index contributed by atoms with van der Waals surface area (Å²) in [7, 11) is 4.01. The maximum atomic E-state index is 12.5. The smallest absolute Gasteiger partial charge is 0.313 e. The molecule has 7 nitrogen and oxygen atoms in total. The number of anilines is 2. The number of hydrogen-bond acceptors (Lipinski definition) is 5. The number of ether oxygens (including phenoxy) is 1. The second-order valence-corrected chi connectivity index (χ2v) is 8.11. The van der Waals surface area contributed by atoms with Gasteiger partial charge in [-0.15, -0.1) is 0 Å². The summed E-state index contributed by atoms with van der Waals surface area (Å²) in [4.78, 5) is 29.2. The van der Waals surface area contributed by atoms with Crippen molar-refractivity contribution >= 4 is 23.2 Å². The molecule has 0 saturated carbocycles. The second kappa shape index (κ2) is 10.4. The molecule has 1 heterocycles. The number of carbonyl (C=O) groups excluding carboxylic acids is 2. The molecule has 1 aliphatic heterocycles. The molecule has 31 heavy (non-hydrogen) atoms. The Morgan fingerprint density at radius 3 is 2.29 bits per heavy atom. The van der Waals surface area contributed by atoms with Crippen LogP contribution < -0.4 is 15.5 Å². The number of morpholine rings is 1. The van der Waals surface area contributed by atoms with Crippen LogP contribution in [0.3, 0.4) is 0 Å². The highest BCUT2D eigenvalue weighted by Gasteiger charge is 2.24. The summed E-state index contributed by atoms with van der Waals surface area (Å²) in [5.41, 5.74) is 5.03. The van der Waals surface area contributed by atoms with Crippen molar-refractivity contribution in [2.24, 2.45) is 0 Å². The molecule has 0 aromatic heterocycles. The summed E-state index contributed by atoms with van der Waals surface area (Å²) in [6, 6.07) is 13.9. The Kier molecular flexibility index (Phi) is 7.65. The number of aryl methyl sites for hydroxylation is 2. The summed E-state index contributed by atoms with van der Waals surface area (Å²) >= 11 is 0. The predicted molar refractivity (Wildman–Crippen MR) is 123 cm³/mol. The monoisotopic (exact) mass is 424 g/mol. The van der Waals surface area contributed by atoms with Crippen LogP contribution in [0.2, 0.25) is 0 Å². The first-order valence-corrected chi connectivity index (χ1v) is 10.6.